The maximum Gasteiger partial charge on any atom is 0.274 e. The molecule has 0 saturated heterocycles. The molecule has 9 heteroatoms. The molecule has 5 rings (SSSR count). The molecular weight excluding hydrogens is 446 g/mol. The summed E-state index contributed by atoms with van der Waals surface area (Å²) in [6.45, 7) is 0.393. The quantitative estimate of drug-likeness (QED) is 0.421. The third-order valence-corrected chi connectivity index (χ3v) is 6.45. The maximum atomic E-state index is 13.6. The first-order valence-electron chi connectivity index (χ1n) is 10.3. The average molecular weight is 468 g/mol. The number of ether oxygens (including phenoxy) is 3. The fourth-order valence-electron chi connectivity index (χ4n) is 4.63. The molecule has 0 radical (unpaired) electrons. The molecule has 0 spiro atoms. The fraction of sp³-hybridized carbons (Fsp3) is 0.250. The van der Waals surface area contributed by atoms with Gasteiger partial charge in [-0.1, -0.05) is 6.07 Å². The van der Waals surface area contributed by atoms with Crippen LogP contribution in [0.15, 0.2) is 36.5 Å². The molecule has 1 aliphatic rings. The van der Waals surface area contributed by atoms with Gasteiger partial charge in [0.25, 0.3) is 5.91 Å². The van der Waals surface area contributed by atoms with Gasteiger partial charge in [0.2, 0.25) is 5.75 Å². The number of hydrogen-bond donors (Lipinski definition) is 2. The largest absolute Gasteiger partial charge is 0.506 e. The summed E-state index contributed by atoms with van der Waals surface area (Å²) in [6.07, 6.45) is 1.63. The van der Waals surface area contributed by atoms with E-state index in [0.29, 0.717) is 52.1 Å². The Bertz CT molecular complexity index is 1400. The van der Waals surface area contributed by atoms with Crippen LogP contribution in [-0.2, 0) is 0 Å². The smallest absolute Gasteiger partial charge is 0.274 e. The summed E-state index contributed by atoms with van der Waals surface area (Å²) in [4.78, 5) is 22.8. The number of hydrogen-bond acceptors (Lipinski definition) is 6. The predicted octanol–water partition coefficient (Wildman–Crippen LogP) is 4.43. The number of carbonyl (C=O) groups excluding carboxylic acids is 1. The number of anilines is 1. The molecule has 1 amide bonds. The number of halogens is 1. The first-order valence-corrected chi connectivity index (χ1v) is 10.9. The van der Waals surface area contributed by atoms with Crippen molar-refractivity contribution in [3.8, 4) is 23.0 Å². The fourth-order valence-corrected chi connectivity index (χ4v) is 4.88. The molecular formula is C24H22ClN3O5. The van der Waals surface area contributed by atoms with Gasteiger partial charge in [0.15, 0.2) is 11.5 Å². The number of fused-ring (bicyclic) bond motifs is 4. The van der Waals surface area contributed by atoms with E-state index in [4.69, 9.17) is 25.8 Å². The number of nitrogens with one attached hydrogen (secondary N) is 1. The lowest BCUT2D eigenvalue weighted by molar-refractivity contribution is 0.0984. The molecule has 3 heterocycles. The van der Waals surface area contributed by atoms with E-state index in [0.717, 1.165) is 16.3 Å². The summed E-state index contributed by atoms with van der Waals surface area (Å²) in [5.74, 6) is 1.40. The lowest BCUT2D eigenvalue weighted by Crippen LogP contribution is -2.30. The Morgan fingerprint density at radius 1 is 1.21 bits per heavy atom. The Labute approximate surface area is 194 Å². The van der Waals surface area contributed by atoms with Gasteiger partial charge in [-0.3, -0.25) is 9.78 Å². The molecule has 2 aromatic carbocycles. The molecule has 0 fully saturated rings. The molecule has 1 atom stereocenters. The van der Waals surface area contributed by atoms with E-state index in [1.54, 1.807) is 36.4 Å². The van der Waals surface area contributed by atoms with Crippen molar-refractivity contribution in [1.82, 2.24) is 9.97 Å². The maximum absolute atomic E-state index is 13.6. The molecule has 0 unspecified atom stereocenters. The van der Waals surface area contributed by atoms with Crippen molar-refractivity contribution in [2.24, 2.45) is 0 Å². The van der Waals surface area contributed by atoms with Gasteiger partial charge in [-0.25, -0.2) is 0 Å². The van der Waals surface area contributed by atoms with Crippen LogP contribution in [0.2, 0.25) is 0 Å². The van der Waals surface area contributed by atoms with Crippen molar-refractivity contribution in [1.29, 1.82) is 0 Å². The van der Waals surface area contributed by atoms with Crippen LogP contribution in [0.4, 0.5) is 5.69 Å². The normalized spacial score (nSPS) is 15.2. The summed E-state index contributed by atoms with van der Waals surface area (Å²) in [5, 5.41) is 12.1. The van der Waals surface area contributed by atoms with Gasteiger partial charge in [0.1, 0.15) is 17.0 Å². The zero-order chi connectivity index (χ0) is 23.3. The zero-order valence-electron chi connectivity index (χ0n) is 18.3. The van der Waals surface area contributed by atoms with E-state index in [1.165, 1.54) is 14.2 Å². The number of methoxy groups -OCH3 is 3. The van der Waals surface area contributed by atoms with Crippen LogP contribution in [0, 0.1) is 0 Å². The highest BCUT2D eigenvalue weighted by atomic mass is 35.5. The second-order valence-corrected chi connectivity index (χ2v) is 8.10. The molecule has 0 bridgehead atoms. The minimum atomic E-state index is -0.248. The number of carbonyl (C=O) groups is 1. The number of alkyl halides is 1. The van der Waals surface area contributed by atoms with Crippen LogP contribution in [-0.4, -0.2) is 54.7 Å². The number of aromatic amines is 1. The highest BCUT2D eigenvalue weighted by Gasteiger charge is 2.36. The Morgan fingerprint density at radius 3 is 2.70 bits per heavy atom. The highest BCUT2D eigenvalue weighted by molar-refractivity contribution is 6.19. The standard InChI is InChI=1S/C24H22ClN3O5/c1-31-18-8-12-7-15(27-20(12)23(33-3)22(18)32-2)24(30)28-11-13(10-25)19-14-5-4-6-26-21(14)17(29)9-16(19)28/h4-9,13,27,29H,10-11H2,1-3H3/t13-/m1/s1. The van der Waals surface area contributed by atoms with Crippen LogP contribution in [0.1, 0.15) is 22.0 Å². The number of benzene rings is 2. The molecule has 2 N–H and O–H groups in total. The molecule has 8 nitrogen and oxygen atoms in total. The van der Waals surface area contributed by atoms with Gasteiger partial charge >= 0.3 is 0 Å². The van der Waals surface area contributed by atoms with Crippen LogP contribution < -0.4 is 19.1 Å². The third kappa shape index (κ3) is 3.13. The van der Waals surface area contributed by atoms with Crippen LogP contribution >= 0.6 is 11.6 Å². The van der Waals surface area contributed by atoms with Crippen LogP contribution in [0.25, 0.3) is 21.8 Å². The van der Waals surface area contributed by atoms with Gasteiger partial charge in [0, 0.05) is 41.4 Å². The number of phenols is 1. The van der Waals surface area contributed by atoms with E-state index in [2.05, 4.69) is 9.97 Å². The molecule has 170 valence electrons. The van der Waals surface area contributed by atoms with Gasteiger partial charge in [0.05, 0.1) is 32.5 Å². The van der Waals surface area contributed by atoms with Crippen molar-refractivity contribution >= 4 is 45.0 Å². The van der Waals surface area contributed by atoms with Gasteiger partial charge in [-0.2, -0.15) is 0 Å². The molecule has 1 aliphatic heterocycles. The lowest BCUT2D eigenvalue weighted by atomic mass is 9.98. The molecule has 2 aromatic heterocycles. The number of pyridine rings is 1. The summed E-state index contributed by atoms with van der Waals surface area (Å²) in [5.41, 5.74) is 3.03. The monoisotopic (exact) mass is 467 g/mol. The van der Waals surface area contributed by atoms with E-state index < -0.39 is 0 Å². The van der Waals surface area contributed by atoms with Crippen molar-refractivity contribution in [3.05, 3.63) is 47.8 Å². The minimum absolute atomic E-state index is 0.0187. The first kappa shape index (κ1) is 21.2. The molecule has 0 saturated carbocycles. The summed E-state index contributed by atoms with van der Waals surface area (Å²) in [7, 11) is 4.60. The number of nitrogens with zero attached hydrogens (tertiary/aromatic N) is 2. The Balaban J connectivity index is 1.64. The molecule has 4 aromatic rings. The van der Waals surface area contributed by atoms with E-state index in [-0.39, 0.29) is 17.6 Å². The van der Waals surface area contributed by atoms with E-state index in [9.17, 15) is 9.90 Å². The molecule has 33 heavy (non-hydrogen) atoms. The van der Waals surface area contributed by atoms with Gasteiger partial charge in [-0.05, 0) is 23.8 Å². The summed E-state index contributed by atoms with van der Waals surface area (Å²) >= 11 is 6.29. The van der Waals surface area contributed by atoms with Crippen molar-refractivity contribution in [3.63, 3.8) is 0 Å². The molecule has 0 aliphatic carbocycles. The second kappa shape index (κ2) is 8.04. The summed E-state index contributed by atoms with van der Waals surface area (Å²) < 4.78 is 16.4. The lowest BCUT2D eigenvalue weighted by Gasteiger charge is -2.17. The second-order valence-electron chi connectivity index (χ2n) is 7.79. The van der Waals surface area contributed by atoms with E-state index in [1.807, 2.05) is 12.1 Å². The first-order chi connectivity index (χ1) is 16.0. The Kier molecular flexibility index (Phi) is 5.17. The van der Waals surface area contributed by atoms with Crippen LogP contribution in [0.5, 0.6) is 23.0 Å². The van der Waals surface area contributed by atoms with E-state index >= 15 is 0 Å². The van der Waals surface area contributed by atoms with Crippen molar-refractivity contribution in [2.45, 2.75) is 5.92 Å². The Morgan fingerprint density at radius 2 is 2.00 bits per heavy atom. The Hall–Kier alpha value is -3.65. The zero-order valence-corrected chi connectivity index (χ0v) is 19.1. The van der Waals surface area contributed by atoms with Crippen LogP contribution in [0.3, 0.4) is 0 Å². The minimum Gasteiger partial charge on any atom is -0.506 e. The average Bonchev–Trinajstić information content (AvgIpc) is 3.43. The van der Waals surface area contributed by atoms with Crippen molar-refractivity contribution < 1.29 is 24.1 Å². The predicted molar refractivity (Wildman–Crippen MR) is 127 cm³/mol. The number of amides is 1. The number of aromatic nitrogens is 2. The summed E-state index contributed by atoms with van der Waals surface area (Å²) in [6, 6.07) is 8.82. The van der Waals surface area contributed by atoms with Gasteiger partial charge < -0.3 is 29.2 Å². The number of rotatable bonds is 5. The van der Waals surface area contributed by atoms with Crippen molar-refractivity contribution in [2.75, 3.05) is 38.7 Å². The SMILES string of the molecule is COc1cc2cc(C(=O)N3C[C@@H](CCl)c4c3cc(O)c3ncccc43)[nH]c2c(OC)c1OC. The highest BCUT2D eigenvalue weighted by Crippen LogP contribution is 2.46. The number of H-pyrrole nitrogens is 1. The topological polar surface area (TPSA) is 96.9 Å². The van der Waals surface area contributed by atoms with Gasteiger partial charge in [-0.15, -0.1) is 11.6 Å². The number of aromatic hydroxyl groups is 1. The number of phenolic OH excluding ortho intramolecular Hbond substituents is 1. The third-order valence-electron chi connectivity index (χ3n) is 6.07.